The Morgan fingerprint density at radius 3 is 3.00 bits per heavy atom. The first kappa shape index (κ1) is 8.75. The number of phenolic OH excluding ortho intramolecular Hbond substituents is 1. The van der Waals surface area contributed by atoms with Crippen molar-refractivity contribution in [2.24, 2.45) is 4.99 Å². The van der Waals surface area contributed by atoms with E-state index in [2.05, 4.69) is 20.9 Å². The number of hydrogen-bond acceptors (Lipinski definition) is 2. The van der Waals surface area contributed by atoms with Crippen LogP contribution in [-0.4, -0.2) is 17.4 Å². The minimum absolute atomic E-state index is 0.287. The molecule has 1 aromatic rings. The molecule has 0 saturated carbocycles. The standard InChI is InChI=1S/C10H10BrNO/c1-6-9-7(4-5-12-6)2-3-8(13)10(9)11/h2-3,13H,4-5H2,1H3. The number of aliphatic imine (C=N–C) groups is 1. The Balaban J connectivity index is 2.68. The minimum Gasteiger partial charge on any atom is -0.507 e. The van der Waals surface area contributed by atoms with Crippen molar-refractivity contribution in [2.45, 2.75) is 13.3 Å². The summed E-state index contributed by atoms with van der Waals surface area (Å²) in [5.74, 6) is 0.287. The van der Waals surface area contributed by atoms with E-state index in [4.69, 9.17) is 0 Å². The molecule has 0 amide bonds. The summed E-state index contributed by atoms with van der Waals surface area (Å²) in [4.78, 5) is 4.35. The smallest absolute Gasteiger partial charge is 0.130 e. The molecule has 1 N–H and O–H groups in total. The molecule has 13 heavy (non-hydrogen) atoms. The lowest BCUT2D eigenvalue weighted by atomic mass is 9.98. The Kier molecular flexibility index (Phi) is 2.12. The Labute approximate surface area is 85.4 Å². The number of benzene rings is 1. The normalized spacial score (nSPS) is 15.1. The Hall–Kier alpha value is -0.830. The van der Waals surface area contributed by atoms with Gasteiger partial charge in [0.15, 0.2) is 0 Å². The van der Waals surface area contributed by atoms with E-state index in [9.17, 15) is 5.11 Å². The van der Waals surface area contributed by atoms with Gasteiger partial charge in [-0.05, 0) is 40.9 Å². The molecule has 68 valence electrons. The molecule has 0 aromatic heterocycles. The Bertz CT molecular complexity index is 385. The predicted octanol–water partition coefficient (Wildman–Crippen LogP) is 2.52. The molecule has 0 bridgehead atoms. The second kappa shape index (κ2) is 3.14. The lowest BCUT2D eigenvalue weighted by Gasteiger charge is -2.16. The van der Waals surface area contributed by atoms with Gasteiger partial charge < -0.3 is 5.11 Å². The highest BCUT2D eigenvalue weighted by Gasteiger charge is 2.15. The van der Waals surface area contributed by atoms with Crippen LogP contribution in [0.15, 0.2) is 21.6 Å². The largest absolute Gasteiger partial charge is 0.507 e. The highest BCUT2D eigenvalue weighted by molar-refractivity contribution is 9.10. The van der Waals surface area contributed by atoms with Gasteiger partial charge in [-0.3, -0.25) is 4.99 Å². The lowest BCUT2D eigenvalue weighted by Crippen LogP contribution is -2.10. The van der Waals surface area contributed by atoms with E-state index in [1.165, 1.54) is 5.56 Å². The van der Waals surface area contributed by atoms with Gasteiger partial charge in [0.2, 0.25) is 0 Å². The number of fused-ring (bicyclic) bond motifs is 1. The summed E-state index contributed by atoms with van der Waals surface area (Å²) in [5, 5.41) is 9.49. The Morgan fingerprint density at radius 1 is 1.46 bits per heavy atom. The van der Waals surface area contributed by atoms with Crippen LogP contribution in [0, 0.1) is 0 Å². The second-order valence-electron chi connectivity index (χ2n) is 3.15. The molecule has 1 heterocycles. The minimum atomic E-state index is 0.287. The third kappa shape index (κ3) is 1.37. The van der Waals surface area contributed by atoms with E-state index in [1.807, 2.05) is 13.0 Å². The first-order chi connectivity index (χ1) is 6.20. The van der Waals surface area contributed by atoms with Gasteiger partial charge in [0, 0.05) is 17.8 Å². The van der Waals surface area contributed by atoms with Crippen molar-refractivity contribution in [1.29, 1.82) is 0 Å². The van der Waals surface area contributed by atoms with Gasteiger partial charge in [0.25, 0.3) is 0 Å². The number of rotatable bonds is 0. The molecular weight excluding hydrogens is 230 g/mol. The number of nitrogens with zero attached hydrogens (tertiary/aromatic N) is 1. The molecule has 0 spiro atoms. The molecule has 0 unspecified atom stereocenters. The fourth-order valence-electron chi connectivity index (χ4n) is 1.63. The van der Waals surface area contributed by atoms with Gasteiger partial charge in [-0.25, -0.2) is 0 Å². The van der Waals surface area contributed by atoms with Gasteiger partial charge in [0.1, 0.15) is 5.75 Å². The SMILES string of the molecule is CC1=NCCc2ccc(O)c(Br)c21. The summed E-state index contributed by atoms with van der Waals surface area (Å²) in [6.45, 7) is 2.83. The number of halogens is 1. The van der Waals surface area contributed by atoms with Gasteiger partial charge in [-0.1, -0.05) is 6.07 Å². The maximum Gasteiger partial charge on any atom is 0.130 e. The highest BCUT2D eigenvalue weighted by Crippen LogP contribution is 2.32. The molecule has 1 aliphatic rings. The maximum atomic E-state index is 9.49. The first-order valence-electron chi connectivity index (χ1n) is 4.22. The number of aromatic hydroxyl groups is 1. The van der Waals surface area contributed by atoms with Crippen LogP contribution in [0.25, 0.3) is 0 Å². The van der Waals surface area contributed by atoms with Crippen LogP contribution in [-0.2, 0) is 6.42 Å². The highest BCUT2D eigenvalue weighted by atomic mass is 79.9. The predicted molar refractivity (Wildman–Crippen MR) is 56.6 cm³/mol. The van der Waals surface area contributed by atoms with Crippen LogP contribution < -0.4 is 0 Å². The molecule has 0 saturated heterocycles. The maximum absolute atomic E-state index is 9.49. The fraction of sp³-hybridized carbons (Fsp3) is 0.300. The van der Waals surface area contributed by atoms with Gasteiger partial charge in [-0.15, -0.1) is 0 Å². The van der Waals surface area contributed by atoms with Crippen LogP contribution in [0.2, 0.25) is 0 Å². The van der Waals surface area contributed by atoms with Crippen LogP contribution in [0.1, 0.15) is 18.1 Å². The van der Waals surface area contributed by atoms with Gasteiger partial charge in [0.05, 0.1) is 4.47 Å². The van der Waals surface area contributed by atoms with Crippen molar-refractivity contribution in [2.75, 3.05) is 6.54 Å². The first-order valence-corrected chi connectivity index (χ1v) is 5.01. The lowest BCUT2D eigenvalue weighted by molar-refractivity contribution is 0.471. The average molecular weight is 240 g/mol. The van der Waals surface area contributed by atoms with Crippen LogP contribution in [0.5, 0.6) is 5.75 Å². The molecule has 0 aliphatic carbocycles. The van der Waals surface area contributed by atoms with Gasteiger partial charge >= 0.3 is 0 Å². The monoisotopic (exact) mass is 239 g/mol. The van der Waals surface area contributed by atoms with Crippen LogP contribution in [0.3, 0.4) is 0 Å². The van der Waals surface area contributed by atoms with E-state index in [0.717, 1.165) is 28.7 Å². The zero-order valence-electron chi connectivity index (χ0n) is 7.34. The van der Waals surface area contributed by atoms with Crippen molar-refractivity contribution in [1.82, 2.24) is 0 Å². The average Bonchev–Trinajstić information content (AvgIpc) is 2.12. The van der Waals surface area contributed by atoms with Crippen molar-refractivity contribution >= 4 is 21.6 Å². The van der Waals surface area contributed by atoms with E-state index < -0.39 is 0 Å². The quantitative estimate of drug-likeness (QED) is 0.742. The number of hydrogen-bond donors (Lipinski definition) is 1. The van der Waals surface area contributed by atoms with Crippen LogP contribution >= 0.6 is 15.9 Å². The van der Waals surface area contributed by atoms with Crippen molar-refractivity contribution in [3.8, 4) is 5.75 Å². The molecule has 0 radical (unpaired) electrons. The number of phenols is 1. The summed E-state index contributed by atoms with van der Waals surface area (Å²) in [6, 6.07) is 3.69. The van der Waals surface area contributed by atoms with E-state index >= 15 is 0 Å². The summed E-state index contributed by atoms with van der Waals surface area (Å²) in [5.41, 5.74) is 3.33. The molecule has 2 nitrogen and oxygen atoms in total. The molecule has 1 aromatic carbocycles. The summed E-state index contributed by atoms with van der Waals surface area (Å²) in [7, 11) is 0. The van der Waals surface area contributed by atoms with Crippen molar-refractivity contribution in [3.05, 3.63) is 27.7 Å². The molecule has 2 rings (SSSR count). The topological polar surface area (TPSA) is 32.6 Å². The zero-order chi connectivity index (χ0) is 9.42. The van der Waals surface area contributed by atoms with Gasteiger partial charge in [-0.2, -0.15) is 0 Å². The van der Waals surface area contributed by atoms with E-state index in [0.29, 0.717) is 0 Å². The Morgan fingerprint density at radius 2 is 2.23 bits per heavy atom. The van der Waals surface area contributed by atoms with Crippen molar-refractivity contribution in [3.63, 3.8) is 0 Å². The summed E-state index contributed by atoms with van der Waals surface area (Å²) in [6.07, 6.45) is 0.964. The van der Waals surface area contributed by atoms with E-state index in [1.54, 1.807) is 6.07 Å². The summed E-state index contributed by atoms with van der Waals surface area (Å²) >= 11 is 3.38. The molecule has 1 aliphatic heterocycles. The fourth-order valence-corrected chi connectivity index (χ4v) is 2.30. The third-order valence-corrected chi connectivity index (χ3v) is 3.10. The summed E-state index contributed by atoms with van der Waals surface area (Å²) < 4.78 is 0.769. The second-order valence-corrected chi connectivity index (χ2v) is 3.94. The zero-order valence-corrected chi connectivity index (χ0v) is 8.93. The molecule has 3 heteroatoms. The van der Waals surface area contributed by atoms with Crippen molar-refractivity contribution < 1.29 is 5.11 Å². The molecule has 0 atom stereocenters. The van der Waals surface area contributed by atoms with E-state index in [-0.39, 0.29) is 5.75 Å². The third-order valence-electron chi connectivity index (χ3n) is 2.30. The molecule has 0 fully saturated rings. The van der Waals surface area contributed by atoms with Crippen LogP contribution in [0.4, 0.5) is 0 Å². The molecular formula is C10H10BrNO.